The number of phenolic OH excluding ortho intramolecular Hbond substituents is 1. The molecule has 1 N–H and O–H groups in total. The first-order valence-electron chi connectivity index (χ1n) is 7.88. The average Bonchev–Trinajstić information content (AvgIpc) is 2.45. The number of benzene rings is 1. The Balaban J connectivity index is 1.89. The lowest BCUT2D eigenvalue weighted by Gasteiger charge is -2.38. The molecular weight excluding hydrogens is 262 g/mol. The fourth-order valence-corrected chi connectivity index (χ4v) is 2.92. The van der Waals surface area contributed by atoms with E-state index in [2.05, 4.69) is 47.9 Å². The number of likely N-dealkylation sites (N-methyl/N-ethyl adjacent to an activating group) is 1. The molecule has 0 radical (unpaired) electrons. The summed E-state index contributed by atoms with van der Waals surface area (Å²) in [5, 5.41) is 10.1. The quantitative estimate of drug-likeness (QED) is 0.898. The molecule has 1 unspecified atom stereocenters. The summed E-state index contributed by atoms with van der Waals surface area (Å²) in [5.41, 5.74) is 2.15. The maximum Gasteiger partial charge on any atom is 0.120 e. The molecule has 0 amide bonds. The molecule has 118 valence electrons. The van der Waals surface area contributed by atoms with Crippen molar-refractivity contribution in [2.75, 3.05) is 53.4 Å². The van der Waals surface area contributed by atoms with Crippen LogP contribution in [0.5, 0.6) is 5.75 Å². The highest BCUT2D eigenvalue weighted by Crippen LogP contribution is 2.29. The maximum atomic E-state index is 10.1. The van der Waals surface area contributed by atoms with Crippen molar-refractivity contribution in [1.82, 2.24) is 14.7 Å². The molecule has 0 spiro atoms. The first kappa shape index (κ1) is 16.3. The molecule has 1 atom stereocenters. The summed E-state index contributed by atoms with van der Waals surface area (Å²) >= 11 is 0. The van der Waals surface area contributed by atoms with Gasteiger partial charge in [-0.25, -0.2) is 0 Å². The number of hydrogen-bond donors (Lipinski definition) is 1. The molecule has 21 heavy (non-hydrogen) atoms. The van der Waals surface area contributed by atoms with Crippen molar-refractivity contribution < 1.29 is 5.11 Å². The lowest BCUT2D eigenvalue weighted by molar-refractivity contribution is 0.0966. The summed E-state index contributed by atoms with van der Waals surface area (Å²) in [6, 6.07) is 6.29. The van der Waals surface area contributed by atoms with Gasteiger partial charge in [0.15, 0.2) is 0 Å². The highest BCUT2D eigenvalue weighted by Gasteiger charge is 2.23. The third kappa shape index (κ3) is 4.43. The smallest absolute Gasteiger partial charge is 0.120 e. The van der Waals surface area contributed by atoms with Crippen LogP contribution >= 0.6 is 0 Å². The van der Waals surface area contributed by atoms with Gasteiger partial charge < -0.3 is 10.0 Å². The number of phenols is 1. The van der Waals surface area contributed by atoms with Crippen molar-refractivity contribution >= 4 is 0 Å². The molecule has 4 heteroatoms. The molecule has 1 aromatic carbocycles. The van der Waals surface area contributed by atoms with Gasteiger partial charge in [0.1, 0.15) is 5.75 Å². The maximum absolute atomic E-state index is 10.1. The summed E-state index contributed by atoms with van der Waals surface area (Å²) in [6.45, 7) is 10.8. The van der Waals surface area contributed by atoms with Crippen LogP contribution in [0, 0.1) is 6.92 Å². The monoisotopic (exact) mass is 291 g/mol. The molecule has 2 rings (SSSR count). The highest BCUT2D eigenvalue weighted by molar-refractivity contribution is 5.37. The second-order valence-electron chi connectivity index (χ2n) is 6.42. The summed E-state index contributed by atoms with van der Waals surface area (Å²) in [5.74, 6) is 0.428. The van der Waals surface area contributed by atoms with Crippen LogP contribution in [0.25, 0.3) is 0 Å². The zero-order valence-electron chi connectivity index (χ0n) is 13.8. The number of hydrogen-bond acceptors (Lipinski definition) is 4. The largest absolute Gasteiger partial charge is 0.508 e. The van der Waals surface area contributed by atoms with E-state index in [0.29, 0.717) is 5.75 Å². The van der Waals surface area contributed by atoms with Gasteiger partial charge in [0.25, 0.3) is 0 Å². The molecule has 0 bridgehead atoms. The lowest BCUT2D eigenvalue weighted by Crippen LogP contribution is -2.48. The highest BCUT2D eigenvalue weighted by atomic mass is 16.3. The lowest BCUT2D eigenvalue weighted by atomic mass is 10.0. The van der Waals surface area contributed by atoms with Crippen molar-refractivity contribution in [3.05, 3.63) is 29.3 Å². The van der Waals surface area contributed by atoms with Crippen molar-refractivity contribution in [2.24, 2.45) is 0 Å². The SMILES string of the molecule is Cc1ccc(C(C)N2CCN(CCN(C)C)CC2)c(O)c1. The van der Waals surface area contributed by atoms with Crippen molar-refractivity contribution in [2.45, 2.75) is 19.9 Å². The van der Waals surface area contributed by atoms with E-state index in [9.17, 15) is 5.11 Å². The van der Waals surface area contributed by atoms with E-state index in [1.165, 1.54) is 0 Å². The predicted octanol–water partition coefficient (Wildman–Crippen LogP) is 1.94. The minimum atomic E-state index is 0.279. The van der Waals surface area contributed by atoms with E-state index < -0.39 is 0 Å². The topological polar surface area (TPSA) is 30.0 Å². The average molecular weight is 291 g/mol. The van der Waals surface area contributed by atoms with E-state index in [4.69, 9.17) is 0 Å². The Labute approximate surface area is 129 Å². The molecule has 1 saturated heterocycles. The van der Waals surface area contributed by atoms with Gasteiger partial charge in [0, 0.05) is 50.9 Å². The molecule has 4 nitrogen and oxygen atoms in total. The van der Waals surface area contributed by atoms with E-state index in [-0.39, 0.29) is 6.04 Å². The molecule has 1 aromatic rings. The third-order valence-electron chi connectivity index (χ3n) is 4.45. The molecule has 0 aliphatic carbocycles. The summed E-state index contributed by atoms with van der Waals surface area (Å²) in [7, 11) is 4.25. The molecular formula is C17H29N3O. The molecule has 1 heterocycles. The van der Waals surface area contributed by atoms with Crippen LogP contribution in [0.4, 0.5) is 0 Å². The molecule has 1 aliphatic rings. The van der Waals surface area contributed by atoms with Gasteiger partial charge in [-0.3, -0.25) is 9.80 Å². The number of rotatable bonds is 5. The van der Waals surface area contributed by atoms with Crippen LogP contribution in [0.2, 0.25) is 0 Å². The van der Waals surface area contributed by atoms with Crippen molar-refractivity contribution in [1.29, 1.82) is 0 Å². The van der Waals surface area contributed by atoms with E-state index in [1.807, 2.05) is 13.0 Å². The Morgan fingerprint density at radius 3 is 2.43 bits per heavy atom. The Morgan fingerprint density at radius 2 is 1.86 bits per heavy atom. The van der Waals surface area contributed by atoms with Crippen LogP contribution < -0.4 is 0 Å². The Bertz CT molecular complexity index is 453. The minimum Gasteiger partial charge on any atom is -0.508 e. The van der Waals surface area contributed by atoms with Gasteiger partial charge in [-0.2, -0.15) is 0 Å². The fourth-order valence-electron chi connectivity index (χ4n) is 2.92. The van der Waals surface area contributed by atoms with Crippen molar-refractivity contribution in [3.63, 3.8) is 0 Å². The zero-order chi connectivity index (χ0) is 15.4. The van der Waals surface area contributed by atoms with Gasteiger partial charge in [-0.15, -0.1) is 0 Å². The number of aryl methyl sites for hydroxylation is 1. The van der Waals surface area contributed by atoms with Gasteiger partial charge >= 0.3 is 0 Å². The molecule has 1 fully saturated rings. The first-order valence-corrected chi connectivity index (χ1v) is 7.88. The van der Waals surface area contributed by atoms with Gasteiger partial charge in [-0.1, -0.05) is 12.1 Å². The third-order valence-corrected chi connectivity index (χ3v) is 4.45. The van der Waals surface area contributed by atoms with Crippen LogP contribution in [-0.2, 0) is 0 Å². The van der Waals surface area contributed by atoms with E-state index in [1.54, 1.807) is 0 Å². The standard InChI is InChI=1S/C17H29N3O/c1-14-5-6-16(17(21)13-14)15(2)20-11-9-19(10-12-20)8-7-18(3)4/h5-6,13,15,21H,7-12H2,1-4H3. The Hall–Kier alpha value is -1.10. The van der Waals surface area contributed by atoms with E-state index in [0.717, 1.165) is 50.4 Å². The van der Waals surface area contributed by atoms with Crippen LogP contribution in [-0.4, -0.2) is 73.2 Å². The van der Waals surface area contributed by atoms with Gasteiger partial charge in [0.2, 0.25) is 0 Å². The van der Waals surface area contributed by atoms with Crippen LogP contribution in [0.3, 0.4) is 0 Å². The van der Waals surface area contributed by atoms with Crippen LogP contribution in [0.15, 0.2) is 18.2 Å². The molecule has 0 aromatic heterocycles. The fraction of sp³-hybridized carbons (Fsp3) is 0.647. The first-order chi connectivity index (χ1) is 9.97. The molecule has 1 aliphatic heterocycles. The zero-order valence-corrected chi connectivity index (χ0v) is 13.8. The van der Waals surface area contributed by atoms with Crippen molar-refractivity contribution in [3.8, 4) is 5.75 Å². The Morgan fingerprint density at radius 1 is 1.19 bits per heavy atom. The summed E-state index contributed by atoms with van der Waals surface area (Å²) in [4.78, 5) is 7.23. The number of piperazine rings is 1. The Kier molecular flexibility index (Phi) is 5.62. The minimum absolute atomic E-state index is 0.279. The van der Waals surface area contributed by atoms with Gasteiger partial charge in [0.05, 0.1) is 0 Å². The summed E-state index contributed by atoms with van der Waals surface area (Å²) < 4.78 is 0. The number of aromatic hydroxyl groups is 1. The number of nitrogens with zero attached hydrogens (tertiary/aromatic N) is 3. The van der Waals surface area contributed by atoms with Gasteiger partial charge in [-0.05, 0) is 39.6 Å². The predicted molar refractivity (Wildman–Crippen MR) is 87.8 cm³/mol. The normalized spacial score (nSPS) is 19.1. The van der Waals surface area contributed by atoms with E-state index >= 15 is 0 Å². The van der Waals surface area contributed by atoms with Crippen LogP contribution in [0.1, 0.15) is 24.1 Å². The summed E-state index contributed by atoms with van der Waals surface area (Å²) in [6.07, 6.45) is 0. The second kappa shape index (κ2) is 7.25. The molecule has 0 saturated carbocycles. The second-order valence-corrected chi connectivity index (χ2v) is 6.42.